The maximum atomic E-state index is 11.1. The molecule has 0 aromatic heterocycles. The Morgan fingerprint density at radius 3 is 2.55 bits per heavy atom. The molecule has 0 spiro atoms. The second-order valence-corrected chi connectivity index (χ2v) is 5.29. The van der Waals surface area contributed by atoms with Crippen LogP contribution in [0.4, 0.5) is 0 Å². The van der Waals surface area contributed by atoms with Gasteiger partial charge in [0.15, 0.2) is 9.84 Å². The number of rotatable bonds is 1. The SMILES string of the molecule is NCC1CS(=O)(=O)CCC1N. The minimum absolute atomic E-state index is 0.0245. The van der Waals surface area contributed by atoms with Crippen molar-refractivity contribution >= 4 is 9.84 Å². The molecule has 1 saturated heterocycles. The highest BCUT2D eigenvalue weighted by Gasteiger charge is 2.29. The quantitative estimate of drug-likeness (QED) is 0.523. The standard InChI is InChI=1S/C6H14N2O2S/c7-3-5-4-11(9,10)2-1-6(5)8/h5-6H,1-4,7-8H2. The van der Waals surface area contributed by atoms with Gasteiger partial charge in [0, 0.05) is 12.0 Å². The lowest BCUT2D eigenvalue weighted by atomic mass is 10.0. The van der Waals surface area contributed by atoms with Crippen LogP contribution in [0.5, 0.6) is 0 Å². The summed E-state index contributed by atoms with van der Waals surface area (Å²) in [5.41, 5.74) is 11.0. The van der Waals surface area contributed by atoms with Crippen molar-refractivity contribution in [3.8, 4) is 0 Å². The van der Waals surface area contributed by atoms with Crippen LogP contribution in [-0.2, 0) is 9.84 Å². The van der Waals surface area contributed by atoms with Crippen LogP contribution in [0.3, 0.4) is 0 Å². The Labute approximate surface area is 66.9 Å². The first-order valence-corrected chi connectivity index (χ1v) is 5.53. The molecule has 0 aliphatic carbocycles. The third-order valence-corrected chi connectivity index (χ3v) is 3.93. The minimum Gasteiger partial charge on any atom is -0.330 e. The van der Waals surface area contributed by atoms with Crippen molar-refractivity contribution in [2.45, 2.75) is 12.5 Å². The summed E-state index contributed by atoms with van der Waals surface area (Å²) in [7, 11) is -2.84. The summed E-state index contributed by atoms with van der Waals surface area (Å²) in [6, 6.07) is -0.0245. The molecule has 5 heteroatoms. The molecule has 1 rings (SSSR count). The van der Waals surface area contributed by atoms with Crippen molar-refractivity contribution in [2.24, 2.45) is 17.4 Å². The van der Waals surface area contributed by atoms with Crippen molar-refractivity contribution < 1.29 is 8.42 Å². The average Bonchev–Trinajstić information content (AvgIpc) is 1.94. The van der Waals surface area contributed by atoms with Crippen LogP contribution in [0.25, 0.3) is 0 Å². The molecule has 0 aromatic carbocycles. The lowest BCUT2D eigenvalue weighted by molar-refractivity contribution is 0.429. The Balaban J connectivity index is 2.66. The molecule has 4 nitrogen and oxygen atoms in total. The molecule has 1 aliphatic heterocycles. The van der Waals surface area contributed by atoms with Gasteiger partial charge in [0.25, 0.3) is 0 Å². The number of nitrogens with two attached hydrogens (primary N) is 2. The summed E-state index contributed by atoms with van der Waals surface area (Å²) in [5, 5.41) is 0. The summed E-state index contributed by atoms with van der Waals surface area (Å²) < 4.78 is 22.1. The van der Waals surface area contributed by atoms with Crippen LogP contribution < -0.4 is 11.5 Å². The third kappa shape index (κ3) is 2.15. The summed E-state index contributed by atoms with van der Waals surface area (Å²) in [6.45, 7) is 0.375. The first kappa shape index (κ1) is 8.96. The second-order valence-electron chi connectivity index (χ2n) is 3.06. The highest BCUT2D eigenvalue weighted by Crippen LogP contribution is 2.15. The lowest BCUT2D eigenvalue weighted by Crippen LogP contribution is -2.45. The van der Waals surface area contributed by atoms with E-state index in [-0.39, 0.29) is 23.5 Å². The van der Waals surface area contributed by atoms with Gasteiger partial charge in [0.2, 0.25) is 0 Å². The van der Waals surface area contributed by atoms with Crippen molar-refractivity contribution in [2.75, 3.05) is 18.1 Å². The fourth-order valence-corrected chi connectivity index (χ4v) is 3.16. The molecule has 66 valence electrons. The Bertz CT molecular complexity index is 225. The van der Waals surface area contributed by atoms with Crippen LogP contribution in [0.1, 0.15) is 6.42 Å². The summed E-state index contributed by atoms with van der Waals surface area (Å²) >= 11 is 0. The third-order valence-electron chi connectivity index (χ3n) is 2.14. The maximum absolute atomic E-state index is 11.1. The number of hydrogen-bond donors (Lipinski definition) is 2. The van der Waals surface area contributed by atoms with Gasteiger partial charge < -0.3 is 11.5 Å². The van der Waals surface area contributed by atoms with Gasteiger partial charge in [-0.25, -0.2) is 8.42 Å². The van der Waals surface area contributed by atoms with Gasteiger partial charge in [0.05, 0.1) is 11.5 Å². The zero-order chi connectivity index (χ0) is 8.48. The second kappa shape index (κ2) is 3.08. The van der Waals surface area contributed by atoms with E-state index in [0.717, 1.165) is 0 Å². The number of hydrogen-bond acceptors (Lipinski definition) is 4. The first-order valence-electron chi connectivity index (χ1n) is 3.71. The highest BCUT2D eigenvalue weighted by molar-refractivity contribution is 7.91. The van der Waals surface area contributed by atoms with Gasteiger partial charge in [-0.2, -0.15) is 0 Å². The molecule has 4 N–H and O–H groups in total. The monoisotopic (exact) mass is 178 g/mol. The Morgan fingerprint density at radius 1 is 1.45 bits per heavy atom. The fourth-order valence-electron chi connectivity index (χ4n) is 1.33. The van der Waals surface area contributed by atoms with Gasteiger partial charge >= 0.3 is 0 Å². The molecule has 2 atom stereocenters. The predicted octanol–water partition coefficient (Wildman–Crippen LogP) is -1.29. The van der Waals surface area contributed by atoms with E-state index in [0.29, 0.717) is 13.0 Å². The van der Waals surface area contributed by atoms with Crippen molar-refractivity contribution in [1.82, 2.24) is 0 Å². The Hall–Kier alpha value is -0.130. The molecule has 0 radical (unpaired) electrons. The van der Waals surface area contributed by atoms with E-state index in [2.05, 4.69) is 0 Å². The molecule has 2 unspecified atom stereocenters. The molecule has 1 heterocycles. The molecular weight excluding hydrogens is 164 g/mol. The largest absolute Gasteiger partial charge is 0.330 e. The molecule has 1 aliphatic rings. The topological polar surface area (TPSA) is 86.2 Å². The summed E-state index contributed by atoms with van der Waals surface area (Å²) in [6.07, 6.45) is 0.560. The van der Waals surface area contributed by atoms with E-state index in [1.807, 2.05) is 0 Å². The van der Waals surface area contributed by atoms with E-state index in [9.17, 15) is 8.42 Å². The molecule has 0 bridgehead atoms. The average molecular weight is 178 g/mol. The maximum Gasteiger partial charge on any atom is 0.150 e. The normalized spacial score (nSPS) is 36.9. The molecule has 11 heavy (non-hydrogen) atoms. The zero-order valence-corrected chi connectivity index (χ0v) is 7.18. The minimum atomic E-state index is -2.84. The van der Waals surface area contributed by atoms with Gasteiger partial charge in [-0.1, -0.05) is 0 Å². The van der Waals surface area contributed by atoms with Gasteiger partial charge in [-0.05, 0) is 13.0 Å². The van der Waals surface area contributed by atoms with Crippen molar-refractivity contribution in [1.29, 1.82) is 0 Å². The highest BCUT2D eigenvalue weighted by atomic mass is 32.2. The molecule has 0 amide bonds. The van der Waals surface area contributed by atoms with Crippen molar-refractivity contribution in [3.05, 3.63) is 0 Å². The van der Waals surface area contributed by atoms with Crippen molar-refractivity contribution in [3.63, 3.8) is 0 Å². The zero-order valence-electron chi connectivity index (χ0n) is 6.36. The summed E-state index contributed by atoms with van der Waals surface area (Å²) in [5.74, 6) is 0.365. The fraction of sp³-hybridized carbons (Fsp3) is 1.00. The van der Waals surface area contributed by atoms with Gasteiger partial charge in [-0.3, -0.25) is 0 Å². The summed E-state index contributed by atoms with van der Waals surface area (Å²) in [4.78, 5) is 0. The van der Waals surface area contributed by atoms with Crippen LogP contribution in [0.15, 0.2) is 0 Å². The van der Waals surface area contributed by atoms with Crippen LogP contribution in [-0.4, -0.2) is 32.5 Å². The first-order chi connectivity index (χ1) is 5.05. The van der Waals surface area contributed by atoms with Gasteiger partial charge in [0.1, 0.15) is 0 Å². The Morgan fingerprint density at radius 2 is 2.09 bits per heavy atom. The van der Waals surface area contributed by atoms with Gasteiger partial charge in [-0.15, -0.1) is 0 Å². The molecular formula is C6H14N2O2S. The lowest BCUT2D eigenvalue weighted by Gasteiger charge is -2.26. The Kier molecular flexibility index (Phi) is 2.51. The smallest absolute Gasteiger partial charge is 0.150 e. The molecule has 1 fully saturated rings. The van der Waals surface area contributed by atoms with Crippen LogP contribution in [0.2, 0.25) is 0 Å². The predicted molar refractivity (Wildman–Crippen MR) is 43.8 cm³/mol. The van der Waals surface area contributed by atoms with E-state index in [4.69, 9.17) is 11.5 Å². The van der Waals surface area contributed by atoms with E-state index in [1.54, 1.807) is 0 Å². The van der Waals surface area contributed by atoms with Crippen LogP contribution in [0, 0.1) is 5.92 Å². The van der Waals surface area contributed by atoms with E-state index >= 15 is 0 Å². The van der Waals surface area contributed by atoms with Crippen LogP contribution >= 0.6 is 0 Å². The molecule has 0 aromatic rings. The van der Waals surface area contributed by atoms with E-state index in [1.165, 1.54) is 0 Å². The molecule has 0 saturated carbocycles. The number of sulfone groups is 1. The van der Waals surface area contributed by atoms with E-state index < -0.39 is 9.84 Å².